The van der Waals surface area contributed by atoms with Gasteiger partial charge < -0.3 is 14.2 Å². The maximum Gasteiger partial charge on any atom is 0.174 e. The van der Waals surface area contributed by atoms with Crippen LogP contribution in [0.4, 0.5) is 0 Å². The van der Waals surface area contributed by atoms with Gasteiger partial charge in [-0.05, 0) is 18.6 Å². The molecule has 0 N–H and O–H groups in total. The van der Waals surface area contributed by atoms with Gasteiger partial charge in [0.1, 0.15) is 28.6 Å². The van der Waals surface area contributed by atoms with Gasteiger partial charge in [-0.3, -0.25) is 4.79 Å². The number of carbonyl (C=O) groups is 1. The Morgan fingerprint density at radius 3 is 2.57 bits per heavy atom. The Morgan fingerprint density at radius 1 is 1.05 bits per heavy atom. The van der Waals surface area contributed by atoms with E-state index in [4.69, 9.17) is 14.2 Å². The van der Waals surface area contributed by atoms with Gasteiger partial charge in [0, 0.05) is 24.1 Å². The number of benzene rings is 2. The van der Waals surface area contributed by atoms with Crippen molar-refractivity contribution in [1.29, 1.82) is 0 Å². The second-order valence-corrected chi connectivity index (χ2v) is 5.02. The van der Waals surface area contributed by atoms with Crippen molar-refractivity contribution in [2.75, 3.05) is 14.2 Å². The first kappa shape index (κ1) is 13.5. The standard InChI is InChI=1S/C17H16O4/c1-10-4-5-11-7-13(18)17-15(20-3)8-12(19-2)9-16(17)21-14(11)6-10/h4-6,8-9H,7H2,1-3H3. The van der Waals surface area contributed by atoms with Gasteiger partial charge in [0.05, 0.1) is 14.2 Å². The second-order valence-electron chi connectivity index (χ2n) is 5.02. The van der Waals surface area contributed by atoms with E-state index in [1.165, 1.54) is 7.11 Å². The number of ketones is 1. The van der Waals surface area contributed by atoms with E-state index in [0.717, 1.165) is 11.1 Å². The average molecular weight is 284 g/mol. The maximum atomic E-state index is 12.5. The topological polar surface area (TPSA) is 44.8 Å². The van der Waals surface area contributed by atoms with Crippen LogP contribution in [0.1, 0.15) is 21.5 Å². The van der Waals surface area contributed by atoms with Gasteiger partial charge >= 0.3 is 0 Å². The highest BCUT2D eigenvalue weighted by Gasteiger charge is 2.26. The first-order valence-electron chi connectivity index (χ1n) is 6.69. The summed E-state index contributed by atoms with van der Waals surface area (Å²) in [6, 6.07) is 9.25. The van der Waals surface area contributed by atoms with Crippen LogP contribution < -0.4 is 14.2 Å². The lowest BCUT2D eigenvalue weighted by Crippen LogP contribution is -2.05. The predicted molar refractivity (Wildman–Crippen MR) is 78.8 cm³/mol. The number of Topliss-reactive ketones (excluding diaryl/α,β-unsaturated/α-hetero) is 1. The molecule has 0 saturated heterocycles. The zero-order chi connectivity index (χ0) is 15.0. The molecule has 2 aromatic carbocycles. The molecule has 0 bridgehead atoms. The molecule has 0 amide bonds. The van der Waals surface area contributed by atoms with Crippen LogP contribution in [0.15, 0.2) is 30.3 Å². The minimum absolute atomic E-state index is 0.0212. The lowest BCUT2D eigenvalue weighted by atomic mass is 10.0. The molecule has 1 aliphatic heterocycles. The monoisotopic (exact) mass is 284 g/mol. The zero-order valence-corrected chi connectivity index (χ0v) is 12.2. The third-order valence-electron chi connectivity index (χ3n) is 3.57. The van der Waals surface area contributed by atoms with E-state index in [9.17, 15) is 4.79 Å². The summed E-state index contributed by atoms with van der Waals surface area (Å²) in [5, 5.41) is 0. The first-order valence-corrected chi connectivity index (χ1v) is 6.69. The van der Waals surface area contributed by atoms with E-state index >= 15 is 0 Å². The molecule has 4 nitrogen and oxygen atoms in total. The largest absolute Gasteiger partial charge is 0.496 e. The Labute approximate surface area is 123 Å². The van der Waals surface area contributed by atoms with Crippen molar-refractivity contribution in [2.24, 2.45) is 0 Å². The molecule has 21 heavy (non-hydrogen) atoms. The van der Waals surface area contributed by atoms with Crippen LogP contribution in [0.25, 0.3) is 0 Å². The fourth-order valence-corrected chi connectivity index (χ4v) is 2.48. The SMILES string of the molecule is COc1cc(OC)c2c(c1)Oc1cc(C)ccc1CC2=O. The molecule has 2 aromatic rings. The summed E-state index contributed by atoms with van der Waals surface area (Å²) < 4.78 is 16.5. The molecule has 0 spiro atoms. The molecule has 0 unspecified atom stereocenters. The van der Waals surface area contributed by atoms with Crippen molar-refractivity contribution in [3.05, 3.63) is 47.0 Å². The summed E-state index contributed by atoms with van der Waals surface area (Å²) in [7, 11) is 3.10. The molecule has 1 heterocycles. The Bertz CT molecular complexity index is 719. The number of methoxy groups -OCH3 is 2. The minimum atomic E-state index is -0.0212. The normalized spacial score (nSPS) is 12.8. The van der Waals surface area contributed by atoms with Crippen molar-refractivity contribution in [2.45, 2.75) is 13.3 Å². The van der Waals surface area contributed by atoms with Crippen LogP contribution in [-0.4, -0.2) is 20.0 Å². The lowest BCUT2D eigenvalue weighted by Gasteiger charge is -2.13. The molecule has 0 saturated carbocycles. The maximum absolute atomic E-state index is 12.5. The van der Waals surface area contributed by atoms with Gasteiger partial charge in [0.2, 0.25) is 0 Å². The molecule has 1 aliphatic rings. The number of ether oxygens (including phenoxy) is 3. The minimum Gasteiger partial charge on any atom is -0.496 e. The van der Waals surface area contributed by atoms with E-state index < -0.39 is 0 Å². The third kappa shape index (κ3) is 2.33. The fourth-order valence-electron chi connectivity index (χ4n) is 2.48. The van der Waals surface area contributed by atoms with E-state index in [1.807, 2.05) is 25.1 Å². The van der Waals surface area contributed by atoms with Gasteiger partial charge in [0.15, 0.2) is 5.78 Å². The number of rotatable bonds is 2. The van der Waals surface area contributed by atoms with Crippen molar-refractivity contribution >= 4 is 5.78 Å². The summed E-state index contributed by atoms with van der Waals surface area (Å²) in [4.78, 5) is 12.5. The molecule has 108 valence electrons. The van der Waals surface area contributed by atoms with Gasteiger partial charge in [-0.2, -0.15) is 0 Å². The smallest absolute Gasteiger partial charge is 0.174 e. The van der Waals surface area contributed by atoms with E-state index in [0.29, 0.717) is 35.0 Å². The summed E-state index contributed by atoms with van der Waals surface area (Å²) in [6.07, 6.45) is 0.297. The van der Waals surface area contributed by atoms with Crippen LogP contribution in [0.3, 0.4) is 0 Å². The number of hydrogen-bond donors (Lipinski definition) is 0. The first-order chi connectivity index (χ1) is 10.1. The van der Waals surface area contributed by atoms with Crippen LogP contribution in [-0.2, 0) is 6.42 Å². The summed E-state index contributed by atoms with van der Waals surface area (Å²) in [5.74, 6) is 2.22. The highest BCUT2D eigenvalue weighted by atomic mass is 16.5. The molecule has 0 atom stereocenters. The van der Waals surface area contributed by atoms with Gasteiger partial charge in [-0.25, -0.2) is 0 Å². The third-order valence-corrected chi connectivity index (χ3v) is 3.57. The average Bonchev–Trinajstić information content (AvgIpc) is 2.61. The lowest BCUT2D eigenvalue weighted by molar-refractivity contribution is 0.0990. The van der Waals surface area contributed by atoms with E-state index in [2.05, 4.69) is 0 Å². The molecule has 0 aromatic heterocycles. The Morgan fingerprint density at radius 2 is 1.86 bits per heavy atom. The zero-order valence-electron chi connectivity index (χ0n) is 12.2. The number of aryl methyl sites for hydroxylation is 1. The summed E-state index contributed by atoms with van der Waals surface area (Å²) >= 11 is 0. The van der Waals surface area contributed by atoms with Crippen molar-refractivity contribution in [1.82, 2.24) is 0 Å². The Balaban J connectivity index is 2.20. The molecule has 0 radical (unpaired) electrons. The summed E-state index contributed by atoms with van der Waals surface area (Å²) in [6.45, 7) is 1.99. The number of carbonyl (C=O) groups excluding carboxylic acids is 1. The summed E-state index contributed by atoms with van der Waals surface area (Å²) in [5.41, 5.74) is 2.43. The number of hydrogen-bond acceptors (Lipinski definition) is 4. The van der Waals surface area contributed by atoms with Crippen LogP contribution in [0.2, 0.25) is 0 Å². The molecule has 0 fully saturated rings. The van der Waals surface area contributed by atoms with Crippen molar-refractivity contribution in [3.63, 3.8) is 0 Å². The molecule has 4 heteroatoms. The number of fused-ring (bicyclic) bond motifs is 2. The highest BCUT2D eigenvalue weighted by molar-refractivity contribution is 6.03. The predicted octanol–water partition coefficient (Wildman–Crippen LogP) is 3.54. The van der Waals surface area contributed by atoms with Crippen molar-refractivity contribution < 1.29 is 19.0 Å². The van der Waals surface area contributed by atoms with Gasteiger partial charge in [0.25, 0.3) is 0 Å². The Hall–Kier alpha value is -2.49. The molecule has 0 aliphatic carbocycles. The molecular weight excluding hydrogens is 268 g/mol. The van der Waals surface area contributed by atoms with E-state index in [-0.39, 0.29) is 5.78 Å². The van der Waals surface area contributed by atoms with Crippen molar-refractivity contribution in [3.8, 4) is 23.0 Å². The molecule has 3 rings (SSSR count). The van der Waals surface area contributed by atoms with Gasteiger partial charge in [-0.15, -0.1) is 0 Å². The van der Waals surface area contributed by atoms with Crippen LogP contribution in [0, 0.1) is 6.92 Å². The quantitative estimate of drug-likeness (QED) is 0.846. The Kier molecular flexibility index (Phi) is 3.29. The second kappa shape index (κ2) is 5.13. The highest BCUT2D eigenvalue weighted by Crippen LogP contribution is 2.41. The van der Waals surface area contributed by atoms with Crippen LogP contribution in [0.5, 0.6) is 23.0 Å². The molecular formula is C17H16O4. The van der Waals surface area contributed by atoms with E-state index in [1.54, 1.807) is 19.2 Å². The van der Waals surface area contributed by atoms with Crippen LogP contribution >= 0.6 is 0 Å². The fraction of sp³-hybridized carbons (Fsp3) is 0.235. The van der Waals surface area contributed by atoms with Gasteiger partial charge in [-0.1, -0.05) is 12.1 Å².